The molecule has 0 atom stereocenters. The third-order valence-corrected chi connectivity index (χ3v) is 4.79. The van der Waals surface area contributed by atoms with Crippen LogP contribution in [0.5, 0.6) is 0 Å². The maximum atomic E-state index is 2.33. The van der Waals surface area contributed by atoms with Gasteiger partial charge < -0.3 is 0 Å². The molecule has 7 heavy (non-hydrogen) atoms. The van der Waals surface area contributed by atoms with Crippen molar-refractivity contribution in [3.8, 4) is 0 Å². The average molecular weight is 152 g/mol. The van der Waals surface area contributed by atoms with Crippen molar-refractivity contribution in [2.75, 3.05) is 0 Å². The van der Waals surface area contributed by atoms with Crippen LogP contribution in [0.25, 0.3) is 0 Å². The summed E-state index contributed by atoms with van der Waals surface area (Å²) in [5.74, 6) is 0. The molecule has 0 radical (unpaired) electrons. The third-order valence-electron chi connectivity index (χ3n) is 1.21. The second-order valence-corrected chi connectivity index (χ2v) is 7.13. The molecule has 0 unspecified atom stereocenters. The van der Waals surface area contributed by atoms with Gasteiger partial charge in [-0.15, -0.1) is 0 Å². The summed E-state index contributed by atoms with van der Waals surface area (Å²) in [5, 5.41) is 3.17. The van der Waals surface area contributed by atoms with E-state index in [0.29, 0.717) is 0 Å². The van der Waals surface area contributed by atoms with E-state index in [-0.39, 0.29) is 17.1 Å². The second kappa shape index (κ2) is 6.62. The molecule has 40 valence electrons. The van der Waals surface area contributed by atoms with Crippen LogP contribution < -0.4 is 0 Å². The van der Waals surface area contributed by atoms with Crippen LogP contribution in [-0.4, -0.2) is 0 Å². The Morgan fingerprint density at radius 1 is 1.29 bits per heavy atom. The van der Waals surface area contributed by atoms with Crippen molar-refractivity contribution < 1.29 is 17.1 Å². The van der Waals surface area contributed by atoms with Gasteiger partial charge in [0.2, 0.25) is 0 Å². The molecule has 0 nitrogen and oxygen atoms in total. The van der Waals surface area contributed by atoms with Crippen molar-refractivity contribution in [2.45, 2.75) is 36.7 Å². The Balaban J connectivity index is 2.45. The first-order valence-electron chi connectivity index (χ1n) is 3.41. The van der Waals surface area contributed by atoms with E-state index in [0.717, 1.165) is 0 Å². The van der Waals surface area contributed by atoms with Crippen molar-refractivity contribution in [1.29, 1.82) is 0 Å². The van der Waals surface area contributed by atoms with Gasteiger partial charge in [-0.1, -0.05) is 0 Å². The molecular weight excluding hydrogens is 137 g/mol. The SMILES string of the molecule is CCC[CH2][Zn][CH2]C. The predicted molar refractivity (Wildman–Crippen MR) is 30.2 cm³/mol. The zero-order valence-corrected chi connectivity index (χ0v) is 8.50. The van der Waals surface area contributed by atoms with Gasteiger partial charge in [0.15, 0.2) is 0 Å². The first-order valence-corrected chi connectivity index (χ1v) is 7.61. The van der Waals surface area contributed by atoms with E-state index in [2.05, 4.69) is 13.8 Å². The molecule has 0 aliphatic heterocycles. The Kier molecular flexibility index (Phi) is 7.21. The number of hydrogen-bond acceptors (Lipinski definition) is 0. The van der Waals surface area contributed by atoms with Crippen LogP contribution in [0.4, 0.5) is 0 Å². The quantitative estimate of drug-likeness (QED) is 0.428. The van der Waals surface area contributed by atoms with Crippen molar-refractivity contribution in [3.63, 3.8) is 0 Å². The third kappa shape index (κ3) is 6.62. The van der Waals surface area contributed by atoms with E-state index in [4.69, 9.17) is 0 Å². The molecule has 1 heteroatoms. The molecule has 0 saturated carbocycles. The maximum absolute atomic E-state index is 2.33. The van der Waals surface area contributed by atoms with E-state index in [1.165, 1.54) is 12.8 Å². The standard InChI is InChI=1S/C4H9.C2H5.Zn/c1-3-4-2;1-2;/h1,3-4H2,2H3;1H2,2H3;. The molecule has 0 aromatic rings. The van der Waals surface area contributed by atoms with Crippen molar-refractivity contribution >= 4 is 0 Å². The minimum atomic E-state index is 0.0559. The molecule has 0 heterocycles. The van der Waals surface area contributed by atoms with E-state index in [1.54, 1.807) is 10.0 Å². The molecule has 0 saturated heterocycles. The number of unbranched alkanes of at least 4 members (excludes halogenated alkanes) is 1. The van der Waals surface area contributed by atoms with Crippen LogP contribution in [-0.2, 0) is 17.1 Å². The van der Waals surface area contributed by atoms with E-state index < -0.39 is 0 Å². The van der Waals surface area contributed by atoms with E-state index >= 15 is 0 Å². The molecule has 0 spiro atoms. The fraction of sp³-hybridized carbons (Fsp3) is 1.00. The molecule has 0 aromatic carbocycles. The van der Waals surface area contributed by atoms with Gasteiger partial charge in [0.25, 0.3) is 0 Å². The summed E-state index contributed by atoms with van der Waals surface area (Å²) >= 11 is 0.0559. The topological polar surface area (TPSA) is 0 Å². The Bertz CT molecular complexity index is 23.4. The summed E-state index contributed by atoms with van der Waals surface area (Å²) in [7, 11) is 0. The van der Waals surface area contributed by atoms with Gasteiger partial charge in [-0.2, -0.15) is 0 Å². The zero-order chi connectivity index (χ0) is 5.54. The van der Waals surface area contributed by atoms with Crippen LogP contribution in [0.2, 0.25) is 10.0 Å². The van der Waals surface area contributed by atoms with Gasteiger partial charge >= 0.3 is 53.8 Å². The van der Waals surface area contributed by atoms with Gasteiger partial charge in [-0.25, -0.2) is 0 Å². The van der Waals surface area contributed by atoms with E-state index in [9.17, 15) is 0 Å². The molecule has 0 rings (SSSR count). The summed E-state index contributed by atoms with van der Waals surface area (Å²) in [6.45, 7) is 4.60. The van der Waals surface area contributed by atoms with E-state index in [1.807, 2.05) is 0 Å². The summed E-state index contributed by atoms with van der Waals surface area (Å²) in [6, 6.07) is 0. The monoisotopic (exact) mass is 150 g/mol. The summed E-state index contributed by atoms with van der Waals surface area (Å²) in [4.78, 5) is 0. The van der Waals surface area contributed by atoms with Crippen molar-refractivity contribution in [1.82, 2.24) is 0 Å². The van der Waals surface area contributed by atoms with Gasteiger partial charge in [0.1, 0.15) is 0 Å². The molecule has 0 bridgehead atoms. The molecule has 0 aliphatic rings. The molecular formula is C6H14Zn. The number of hydrogen-bond donors (Lipinski definition) is 0. The van der Waals surface area contributed by atoms with Crippen LogP contribution in [0.3, 0.4) is 0 Å². The summed E-state index contributed by atoms with van der Waals surface area (Å²) in [6.07, 6.45) is 2.92. The van der Waals surface area contributed by atoms with Crippen LogP contribution in [0.15, 0.2) is 0 Å². The second-order valence-electron chi connectivity index (χ2n) is 2.06. The molecule has 0 aliphatic carbocycles. The molecule has 0 amide bonds. The Morgan fingerprint density at radius 2 is 2.00 bits per heavy atom. The molecule has 0 N–H and O–H groups in total. The molecule has 0 aromatic heterocycles. The Labute approximate surface area is 54.3 Å². The van der Waals surface area contributed by atoms with Crippen molar-refractivity contribution in [3.05, 3.63) is 0 Å². The minimum absolute atomic E-state index is 0.0559. The van der Waals surface area contributed by atoms with Crippen LogP contribution in [0.1, 0.15) is 26.7 Å². The average Bonchev–Trinajstić information content (AvgIpc) is 1.69. The summed E-state index contributed by atoms with van der Waals surface area (Å²) < 4.78 is 0. The zero-order valence-electron chi connectivity index (χ0n) is 5.54. The first-order chi connectivity index (χ1) is 3.41. The fourth-order valence-electron chi connectivity index (χ4n) is 0.677. The van der Waals surface area contributed by atoms with Gasteiger partial charge in [-0.3, -0.25) is 0 Å². The van der Waals surface area contributed by atoms with Gasteiger partial charge in [0.05, 0.1) is 0 Å². The van der Waals surface area contributed by atoms with Gasteiger partial charge in [-0.05, 0) is 0 Å². The Hall–Kier alpha value is 0.623. The normalized spacial score (nSPS) is 8.29. The van der Waals surface area contributed by atoms with Crippen LogP contribution in [0, 0.1) is 0 Å². The predicted octanol–water partition coefficient (Wildman–Crippen LogP) is 2.73. The van der Waals surface area contributed by atoms with Crippen molar-refractivity contribution in [2.24, 2.45) is 0 Å². The summed E-state index contributed by atoms with van der Waals surface area (Å²) in [5.41, 5.74) is 0. The molecule has 0 fully saturated rings. The van der Waals surface area contributed by atoms with Crippen LogP contribution >= 0.6 is 0 Å². The number of rotatable bonds is 4. The first kappa shape index (κ1) is 7.62. The van der Waals surface area contributed by atoms with Gasteiger partial charge in [0, 0.05) is 0 Å². The fourth-order valence-corrected chi connectivity index (χ4v) is 3.52. The Morgan fingerprint density at radius 3 is 2.43 bits per heavy atom.